The summed E-state index contributed by atoms with van der Waals surface area (Å²) in [4.78, 5) is 10.6. The molecule has 0 amide bonds. The van der Waals surface area contributed by atoms with E-state index in [2.05, 4.69) is 202 Å². The molecule has 268 valence electrons. The zero-order valence-corrected chi connectivity index (χ0v) is 31.9. The Morgan fingerprint density at radius 2 is 0.895 bits per heavy atom. The van der Waals surface area contributed by atoms with Gasteiger partial charge in [0.2, 0.25) is 0 Å². The Hall–Kier alpha value is -7.16. The molecule has 0 saturated carbocycles. The minimum absolute atomic E-state index is 0.116. The van der Waals surface area contributed by atoms with Crippen molar-refractivity contribution in [3.8, 4) is 67.3 Å². The highest BCUT2D eigenvalue weighted by molar-refractivity contribution is 6.07. The van der Waals surface area contributed by atoms with Crippen molar-refractivity contribution in [3.05, 3.63) is 205 Å². The number of aromatic nitrogens is 2. The third-order valence-electron chi connectivity index (χ3n) is 12.1. The Labute approximate surface area is 332 Å². The molecule has 0 fully saturated rings. The van der Waals surface area contributed by atoms with Crippen molar-refractivity contribution in [2.45, 2.75) is 19.3 Å². The van der Waals surface area contributed by atoms with E-state index in [1.807, 2.05) is 6.07 Å². The minimum Gasteiger partial charge on any atom is -0.228 e. The fourth-order valence-electron chi connectivity index (χ4n) is 9.20. The molecule has 0 atom stereocenters. The monoisotopic (exact) mass is 726 g/mol. The lowest BCUT2D eigenvalue weighted by Crippen LogP contribution is -2.15. The molecule has 0 N–H and O–H groups in total. The molecule has 9 aromatic carbocycles. The van der Waals surface area contributed by atoms with Gasteiger partial charge < -0.3 is 0 Å². The van der Waals surface area contributed by atoms with Crippen molar-refractivity contribution in [2.24, 2.45) is 0 Å². The van der Waals surface area contributed by atoms with Gasteiger partial charge in [-0.2, -0.15) is 0 Å². The molecule has 1 aliphatic rings. The minimum atomic E-state index is -0.116. The summed E-state index contributed by atoms with van der Waals surface area (Å²) in [5.41, 5.74) is 15.0. The van der Waals surface area contributed by atoms with E-state index in [0.717, 1.165) is 44.6 Å². The van der Waals surface area contributed by atoms with E-state index < -0.39 is 0 Å². The standard InChI is InChI=1S/C55H38N2/c1-55(2)49-31-27-36-15-8-9-20-43(36)53(49)48-28-26-40(33-50(48)55)42-29-30-47(45-22-12-11-21-44(42)45)52-34-51(56-54(57-52)37-16-4-3-5-17-37)46-23-13-10-19-41(46)39-25-24-35-14-6-7-18-38(35)32-39/h3-34H,1-2H3. The van der Waals surface area contributed by atoms with E-state index >= 15 is 0 Å². The van der Waals surface area contributed by atoms with Crippen molar-refractivity contribution in [1.29, 1.82) is 0 Å². The number of hydrogen-bond donors (Lipinski definition) is 0. The first-order chi connectivity index (χ1) is 28.0. The van der Waals surface area contributed by atoms with Crippen molar-refractivity contribution < 1.29 is 0 Å². The number of rotatable bonds is 5. The predicted octanol–water partition coefficient (Wildman–Crippen LogP) is 14.6. The second kappa shape index (κ2) is 13.0. The molecule has 0 bridgehead atoms. The van der Waals surface area contributed by atoms with Gasteiger partial charge in [-0.05, 0) is 95.0 Å². The first kappa shape index (κ1) is 33.2. The maximum atomic E-state index is 5.30. The van der Waals surface area contributed by atoms with Gasteiger partial charge >= 0.3 is 0 Å². The van der Waals surface area contributed by atoms with Crippen molar-refractivity contribution in [1.82, 2.24) is 9.97 Å². The fourth-order valence-corrected chi connectivity index (χ4v) is 9.20. The summed E-state index contributed by atoms with van der Waals surface area (Å²) < 4.78 is 0. The molecule has 10 aromatic rings. The molecule has 57 heavy (non-hydrogen) atoms. The van der Waals surface area contributed by atoms with E-state index in [4.69, 9.17) is 9.97 Å². The fraction of sp³-hybridized carbons (Fsp3) is 0.0545. The molecular weight excluding hydrogens is 689 g/mol. The van der Waals surface area contributed by atoms with Gasteiger partial charge in [0.25, 0.3) is 0 Å². The molecule has 1 heterocycles. The first-order valence-corrected chi connectivity index (χ1v) is 19.7. The average Bonchev–Trinajstić information content (AvgIpc) is 3.51. The van der Waals surface area contributed by atoms with Crippen LogP contribution in [0.5, 0.6) is 0 Å². The van der Waals surface area contributed by atoms with Crippen LogP contribution in [0.25, 0.3) is 99.6 Å². The van der Waals surface area contributed by atoms with Crippen LogP contribution in [-0.2, 0) is 5.41 Å². The van der Waals surface area contributed by atoms with Crippen LogP contribution in [0.2, 0.25) is 0 Å². The number of benzene rings is 9. The lowest BCUT2D eigenvalue weighted by atomic mass is 9.81. The summed E-state index contributed by atoms with van der Waals surface area (Å²) in [6.45, 7) is 4.74. The predicted molar refractivity (Wildman–Crippen MR) is 239 cm³/mol. The lowest BCUT2D eigenvalue weighted by Gasteiger charge is -2.22. The van der Waals surface area contributed by atoms with Gasteiger partial charge in [-0.25, -0.2) is 9.97 Å². The van der Waals surface area contributed by atoms with Gasteiger partial charge in [0.15, 0.2) is 5.82 Å². The van der Waals surface area contributed by atoms with Crippen LogP contribution >= 0.6 is 0 Å². The Kier molecular flexibility index (Phi) is 7.55. The van der Waals surface area contributed by atoms with Crippen LogP contribution in [0.3, 0.4) is 0 Å². The largest absolute Gasteiger partial charge is 0.228 e. The van der Waals surface area contributed by atoms with Gasteiger partial charge in [-0.3, -0.25) is 0 Å². The quantitative estimate of drug-likeness (QED) is 0.176. The molecule has 0 spiro atoms. The molecule has 11 rings (SSSR count). The summed E-state index contributed by atoms with van der Waals surface area (Å²) in [5, 5.41) is 7.42. The molecular formula is C55H38N2. The van der Waals surface area contributed by atoms with Crippen molar-refractivity contribution in [3.63, 3.8) is 0 Å². The van der Waals surface area contributed by atoms with E-state index in [1.54, 1.807) is 0 Å². The van der Waals surface area contributed by atoms with Crippen LogP contribution < -0.4 is 0 Å². The molecule has 0 unspecified atom stereocenters. The molecule has 1 aromatic heterocycles. The normalized spacial score (nSPS) is 12.9. The summed E-state index contributed by atoms with van der Waals surface area (Å²) >= 11 is 0. The average molecular weight is 727 g/mol. The van der Waals surface area contributed by atoms with Crippen molar-refractivity contribution >= 4 is 32.3 Å². The summed E-state index contributed by atoms with van der Waals surface area (Å²) in [6, 6.07) is 70.1. The van der Waals surface area contributed by atoms with Crippen LogP contribution in [0, 0.1) is 0 Å². The van der Waals surface area contributed by atoms with Crippen LogP contribution in [0.1, 0.15) is 25.0 Å². The van der Waals surface area contributed by atoms with Crippen molar-refractivity contribution in [2.75, 3.05) is 0 Å². The third kappa shape index (κ3) is 5.40. The zero-order valence-electron chi connectivity index (χ0n) is 31.9. The second-order valence-electron chi connectivity index (χ2n) is 15.7. The highest BCUT2D eigenvalue weighted by Gasteiger charge is 2.36. The van der Waals surface area contributed by atoms with E-state index in [1.165, 1.54) is 60.3 Å². The molecule has 0 saturated heterocycles. The van der Waals surface area contributed by atoms with Crippen LogP contribution in [-0.4, -0.2) is 9.97 Å². The first-order valence-electron chi connectivity index (χ1n) is 19.7. The number of hydrogen-bond acceptors (Lipinski definition) is 2. The smallest absolute Gasteiger partial charge is 0.160 e. The summed E-state index contributed by atoms with van der Waals surface area (Å²) in [6.07, 6.45) is 0. The Morgan fingerprint density at radius 1 is 0.333 bits per heavy atom. The van der Waals surface area contributed by atoms with E-state index in [9.17, 15) is 0 Å². The van der Waals surface area contributed by atoms with Crippen LogP contribution in [0.4, 0.5) is 0 Å². The molecule has 0 radical (unpaired) electrons. The zero-order chi connectivity index (χ0) is 38.1. The second-order valence-corrected chi connectivity index (χ2v) is 15.7. The number of fused-ring (bicyclic) bond motifs is 7. The number of nitrogens with zero attached hydrogens (tertiary/aromatic N) is 2. The molecule has 0 aliphatic heterocycles. The van der Waals surface area contributed by atoms with Crippen LogP contribution in [0.15, 0.2) is 194 Å². The van der Waals surface area contributed by atoms with Gasteiger partial charge in [-0.15, -0.1) is 0 Å². The Balaban J connectivity index is 1.07. The Morgan fingerprint density at radius 3 is 1.70 bits per heavy atom. The summed E-state index contributed by atoms with van der Waals surface area (Å²) in [5.74, 6) is 0.706. The topological polar surface area (TPSA) is 25.8 Å². The van der Waals surface area contributed by atoms with Gasteiger partial charge in [0, 0.05) is 22.1 Å². The Bertz CT molecular complexity index is 3210. The molecule has 1 aliphatic carbocycles. The third-order valence-corrected chi connectivity index (χ3v) is 12.1. The highest BCUT2D eigenvalue weighted by Crippen LogP contribution is 2.52. The maximum absolute atomic E-state index is 5.30. The SMILES string of the molecule is CC1(C)c2cc(-c3ccc(-c4cc(-c5ccccc5-c5ccc6ccccc6c5)nc(-c5ccccc5)n4)c4ccccc34)ccc2-c2c1ccc1ccccc21. The van der Waals surface area contributed by atoms with E-state index in [0.29, 0.717) is 5.82 Å². The van der Waals surface area contributed by atoms with E-state index in [-0.39, 0.29) is 5.41 Å². The lowest BCUT2D eigenvalue weighted by molar-refractivity contribution is 0.661. The van der Waals surface area contributed by atoms with Gasteiger partial charge in [0.05, 0.1) is 11.4 Å². The van der Waals surface area contributed by atoms with Gasteiger partial charge in [0.1, 0.15) is 0 Å². The van der Waals surface area contributed by atoms with Gasteiger partial charge in [-0.1, -0.05) is 190 Å². The highest BCUT2D eigenvalue weighted by atomic mass is 14.9. The summed E-state index contributed by atoms with van der Waals surface area (Å²) in [7, 11) is 0. The molecule has 2 heteroatoms. The maximum Gasteiger partial charge on any atom is 0.160 e. The molecule has 2 nitrogen and oxygen atoms in total.